The highest BCUT2D eigenvalue weighted by Gasteiger charge is 2.41. The minimum absolute atomic E-state index is 0.0248. The summed E-state index contributed by atoms with van der Waals surface area (Å²) in [6, 6.07) is 17.9. The minimum Gasteiger partial charge on any atom is -0.281 e. The van der Waals surface area contributed by atoms with Crippen molar-refractivity contribution >= 4 is 22.8 Å². The van der Waals surface area contributed by atoms with Gasteiger partial charge >= 0.3 is 0 Å². The van der Waals surface area contributed by atoms with Crippen molar-refractivity contribution in [3.05, 3.63) is 71.3 Å². The summed E-state index contributed by atoms with van der Waals surface area (Å²) in [4.78, 5) is 19.6. The summed E-state index contributed by atoms with van der Waals surface area (Å²) >= 11 is 1.66. The van der Waals surface area contributed by atoms with Gasteiger partial charge in [0.2, 0.25) is 0 Å². The van der Waals surface area contributed by atoms with E-state index in [9.17, 15) is 4.79 Å². The normalized spacial score (nSPS) is 18.1. The van der Waals surface area contributed by atoms with Crippen molar-refractivity contribution in [1.82, 2.24) is 4.90 Å². The first-order valence-electron chi connectivity index (χ1n) is 8.10. The monoisotopic (exact) mass is 338 g/mol. The fourth-order valence-corrected chi connectivity index (χ4v) is 3.90. The molecule has 2 aromatic carbocycles. The van der Waals surface area contributed by atoms with E-state index in [1.165, 1.54) is 0 Å². The molecule has 0 radical (unpaired) electrons. The number of carbonyl (C=O) groups is 1. The van der Waals surface area contributed by atoms with Gasteiger partial charge in [0, 0.05) is 11.3 Å². The van der Waals surface area contributed by atoms with Crippen LogP contribution in [0.4, 0.5) is 0 Å². The largest absolute Gasteiger partial charge is 0.281 e. The molecular formula is C20H22N2OS. The van der Waals surface area contributed by atoms with Crippen LogP contribution in [0.5, 0.6) is 0 Å². The number of aliphatic imine (C=N–C) groups is 1. The van der Waals surface area contributed by atoms with E-state index in [4.69, 9.17) is 4.99 Å². The fourth-order valence-electron chi connectivity index (χ4n) is 2.67. The smallest absolute Gasteiger partial charge is 0.260 e. The second-order valence-corrected chi connectivity index (χ2v) is 7.63. The first-order valence-corrected chi connectivity index (χ1v) is 9.08. The molecule has 0 N–H and O–H groups in total. The number of aryl methyl sites for hydroxylation is 1. The molecule has 4 heteroatoms. The van der Waals surface area contributed by atoms with Gasteiger partial charge in [-0.3, -0.25) is 14.7 Å². The van der Waals surface area contributed by atoms with E-state index in [2.05, 4.69) is 26.0 Å². The zero-order valence-electron chi connectivity index (χ0n) is 14.3. The van der Waals surface area contributed by atoms with Gasteiger partial charge in [0.25, 0.3) is 5.91 Å². The van der Waals surface area contributed by atoms with Crippen LogP contribution in [0.1, 0.15) is 35.3 Å². The number of nitrogens with zero attached hydrogens (tertiary/aromatic N) is 2. The van der Waals surface area contributed by atoms with Crippen molar-refractivity contribution in [2.24, 2.45) is 4.99 Å². The SMILES string of the molecule is Cc1ccc(C(=O)N2C(=NCc3ccccc3)SCC2(C)C)cc1. The number of carbonyl (C=O) groups excluding carboxylic acids is 1. The number of amidine groups is 1. The van der Waals surface area contributed by atoms with Crippen LogP contribution in [0, 0.1) is 6.92 Å². The van der Waals surface area contributed by atoms with Gasteiger partial charge in [-0.25, -0.2) is 0 Å². The summed E-state index contributed by atoms with van der Waals surface area (Å²) in [6.45, 7) is 6.81. The number of hydrogen-bond donors (Lipinski definition) is 0. The summed E-state index contributed by atoms with van der Waals surface area (Å²) in [5.74, 6) is 0.884. The molecule has 124 valence electrons. The average molecular weight is 338 g/mol. The lowest BCUT2D eigenvalue weighted by Gasteiger charge is -2.30. The van der Waals surface area contributed by atoms with E-state index in [1.54, 1.807) is 11.8 Å². The summed E-state index contributed by atoms with van der Waals surface area (Å²) in [7, 11) is 0. The van der Waals surface area contributed by atoms with Gasteiger partial charge in [-0.2, -0.15) is 0 Å². The highest BCUT2D eigenvalue weighted by atomic mass is 32.2. The first-order chi connectivity index (χ1) is 11.5. The van der Waals surface area contributed by atoms with Gasteiger partial charge in [0.15, 0.2) is 5.17 Å². The van der Waals surface area contributed by atoms with E-state index in [0.29, 0.717) is 12.1 Å². The second kappa shape index (κ2) is 6.81. The van der Waals surface area contributed by atoms with E-state index in [1.807, 2.05) is 54.3 Å². The van der Waals surface area contributed by atoms with Crippen LogP contribution >= 0.6 is 11.8 Å². The molecule has 1 fully saturated rings. The van der Waals surface area contributed by atoms with Crippen LogP contribution in [-0.2, 0) is 6.54 Å². The summed E-state index contributed by atoms with van der Waals surface area (Å²) in [6.07, 6.45) is 0. The Bertz CT molecular complexity index is 751. The molecule has 3 rings (SSSR count). The van der Waals surface area contributed by atoms with E-state index in [0.717, 1.165) is 22.0 Å². The molecule has 24 heavy (non-hydrogen) atoms. The minimum atomic E-state index is -0.234. The second-order valence-electron chi connectivity index (χ2n) is 6.69. The third-order valence-electron chi connectivity index (χ3n) is 4.09. The molecule has 2 aromatic rings. The van der Waals surface area contributed by atoms with Crippen molar-refractivity contribution in [2.75, 3.05) is 5.75 Å². The van der Waals surface area contributed by atoms with E-state index in [-0.39, 0.29) is 11.4 Å². The summed E-state index contributed by atoms with van der Waals surface area (Å²) in [5.41, 5.74) is 2.78. The Kier molecular flexibility index (Phi) is 4.76. The number of rotatable bonds is 3. The molecule has 1 amide bonds. The van der Waals surface area contributed by atoms with Gasteiger partial charge in [-0.1, -0.05) is 59.8 Å². The van der Waals surface area contributed by atoms with Crippen LogP contribution in [0.15, 0.2) is 59.6 Å². The van der Waals surface area contributed by atoms with Crippen molar-refractivity contribution in [2.45, 2.75) is 32.9 Å². The molecule has 0 spiro atoms. The van der Waals surface area contributed by atoms with Crippen LogP contribution in [0.2, 0.25) is 0 Å². The molecule has 0 saturated carbocycles. The Morgan fingerprint density at radius 3 is 2.46 bits per heavy atom. The van der Waals surface area contributed by atoms with E-state index >= 15 is 0 Å². The Morgan fingerprint density at radius 1 is 1.12 bits per heavy atom. The van der Waals surface area contributed by atoms with Crippen LogP contribution in [-0.4, -0.2) is 27.3 Å². The Morgan fingerprint density at radius 2 is 1.79 bits per heavy atom. The zero-order valence-corrected chi connectivity index (χ0v) is 15.1. The fraction of sp³-hybridized carbons (Fsp3) is 0.300. The molecule has 1 heterocycles. The lowest BCUT2D eigenvalue weighted by molar-refractivity contribution is 0.0766. The third-order valence-corrected chi connectivity index (χ3v) is 5.51. The van der Waals surface area contributed by atoms with Crippen LogP contribution in [0.3, 0.4) is 0 Å². The zero-order chi connectivity index (χ0) is 17.2. The van der Waals surface area contributed by atoms with Crippen LogP contribution in [0.25, 0.3) is 0 Å². The maximum absolute atomic E-state index is 13.0. The standard InChI is InChI=1S/C20H22N2OS/c1-15-9-11-17(12-10-15)18(23)22-19(24-14-20(22,2)3)21-13-16-7-5-4-6-8-16/h4-12H,13-14H2,1-3H3. The first kappa shape index (κ1) is 16.8. The van der Waals surface area contributed by atoms with Gasteiger partial charge in [0.1, 0.15) is 0 Å². The quantitative estimate of drug-likeness (QED) is 0.824. The molecule has 1 saturated heterocycles. The lowest BCUT2D eigenvalue weighted by Crippen LogP contribution is -2.46. The molecule has 1 aliphatic rings. The molecule has 0 bridgehead atoms. The molecule has 0 aromatic heterocycles. The summed E-state index contributed by atoms with van der Waals surface area (Å²) in [5, 5.41) is 0.814. The molecule has 3 nitrogen and oxygen atoms in total. The maximum atomic E-state index is 13.0. The molecule has 0 aliphatic carbocycles. The van der Waals surface area contributed by atoms with Crippen molar-refractivity contribution in [1.29, 1.82) is 0 Å². The van der Waals surface area contributed by atoms with Crippen molar-refractivity contribution in [3.8, 4) is 0 Å². The average Bonchev–Trinajstić information content (AvgIpc) is 2.88. The molecule has 0 unspecified atom stereocenters. The Balaban J connectivity index is 1.86. The molecule has 0 atom stereocenters. The van der Waals surface area contributed by atoms with Crippen molar-refractivity contribution < 1.29 is 4.79 Å². The topological polar surface area (TPSA) is 32.7 Å². The Labute approximate surface area is 147 Å². The number of thioether (sulfide) groups is 1. The van der Waals surface area contributed by atoms with Crippen LogP contribution < -0.4 is 0 Å². The molecule has 1 aliphatic heterocycles. The van der Waals surface area contributed by atoms with E-state index < -0.39 is 0 Å². The maximum Gasteiger partial charge on any atom is 0.260 e. The van der Waals surface area contributed by atoms with Crippen molar-refractivity contribution in [3.63, 3.8) is 0 Å². The number of benzene rings is 2. The third kappa shape index (κ3) is 3.54. The van der Waals surface area contributed by atoms with Gasteiger partial charge in [0.05, 0.1) is 12.1 Å². The number of hydrogen-bond acceptors (Lipinski definition) is 3. The highest BCUT2D eigenvalue weighted by Crippen LogP contribution is 2.34. The highest BCUT2D eigenvalue weighted by molar-refractivity contribution is 8.14. The predicted octanol–water partition coefficient (Wildman–Crippen LogP) is 4.52. The van der Waals surface area contributed by atoms with Gasteiger partial charge in [-0.05, 0) is 38.5 Å². The van der Waals surface area contributed by atoms with Gasteiger partial charge < -0.3 is 0 Å². The Hall–Kier alpha value is -2.07. The predicted molar refractivity (Wildman–Crippen MR) is 101 cm³/mol. The number of amides is 1. The lowest BCUT2D eigenvalue weighted by atomic mass is 10.0. The summed E-state index contributed by atoms with van der Waals surface area (Å²) < 4.78 is 0. The molecular weight excluding hydrogens is 316 g/mol. The van der Waals surface area contributed by atoms with Gasteiger partial charge in [-0.15, -0.1) is 0 Å².